The summed E-state index contributed by atoms with van der Waals surface area (Å²) < 4.78 is 0. The molecule has 0 fully saturated rings. The van der Waals surface area contributed by atoms with E-state index in [2.05, 4.69) is 51.2 Å². The summed E-state index contributed by atoms with van der Waals surface area (Å²) in [5.41, 5.74) is 4.54. The first-order valence-corrected chi connectivity index (χ1v) is 6.50. The Balaban J connectivity index is 2.39. The van der Waals surface area contributed by atoms with Gasteiger partial charge in [-0.15, -0.1) is 0 Å². The summed E-state index contributed by atoms with van der Waals surface area (Å²) in [4.78, 5) is 0. The van der Waals surface area contributed by atoms with Crippen LogP contribution in [0.25, 0.3) is 0 Å². The van der Waals surface area contributed by atoms with Crippen molar-refractivity contribution in [2.75, 3.05) is 0 Å². The zero-order chi connectivity index (χ0) is 11.7. The minimum atomic E-state index is 0.553. The van der Waals surface area contributed by atoms with Gasteiger partial charge in [0.1, 0.15) is 0 Å². The number of fused-ring (bicyclic) bond motifs is 1. The molecule has 1 heterocycles. The van der Waals surface area contributed by atoms with Crippen molar-refractivity contribution in [2.45, 2.75) is 58.5 Å². The summed E-state index contributed by atoms with van der Waals surface area (Å²) in [5.74, 6) is 0.627. The molecule has 0 saturated carbocycles. The molecule has 0 radical (unpaired) electrons. The molecule has 1 aromatic rings. The lowest BCUT2D eigenvalue weighted by Gasteiger charge is -2.31. The first kappa shape index (κ1) is 11.7. The van der Waals surface area contributed by atoms with Crippen LogP contribution in [0.1, 0.15) is 62.8 Å². The predicted octanol–water partition coefficient (Wildman–Crippen LogP) is 3.80. The summed E-state index contributed by atoms with van der Waals surface area (Å²) in [6.07, 6.45) is 2.35. The highest BCUT2D eigenvalue weighted by Crippen LogP contribution is 2.30. The van der Waals surface area contributed by atoms with E-state index in [-0.39, 0.29) is 0 Å². The highest BCUT2D eigenvalue weighted by molar-refractivity contribution is 5.38. The van der Waals surface area contributed by atoms with Crippen molar-refractivity contribution in [2.24, 2.45) is 0 Å². The normalized spacial score (nSPS) is 24.6. The number of hydrogen-bond acceptors (Lipinski definition) is 1. The van der Waals surface area contributed by atoms with Crippen LogP contribution in [0.5, 0.6) is 0 Å². The van der Waals surface area contributed by atoms with E-state index < -0.39 is 0 Å². The summed E-state index contributed by atoms with van der Waals surface area (Å²) in [6.45, 7) is 9.08. The van der Waals surface area contributed by atoms with Crippen molar-refractivity contribution in [3.63, 3.8) is 0 Å². The Kier molecular flexibility index (Phi) is 3.34. The molecule has 1 N–H and O–H groups in total. The molecule has 0 bridgehead atoms. The molecule has 1 aliphatic rings. The van der Waals surface area contributed by atoms with Gasteiger partial charge in [0.05, 0.1) is 0 Å². The molecule has 1 aliphatic heterocycles. The van der Waals surface area contributed by atoms with Gasteiger partial charge in [0, 0.05) is 12.1 Å². The predicted molar refractivity (Wildman–Crippen MR) is 69.9 cm³/mol. The van der Waals surface area contributed by atoms with Crippen LogP contribution < -0.4 is 5.32 Å². The van der Waals surface area contributed by atoms with E-state index in [0.717, 1.165) is 0 Å². The molecule has 2 rings (SSSR count). The van der Waals surface area contributed by atoms with Crippen molar-refractivity contribution in [3.05, 3.63) is 34.9 Å². The summed E-state index contributed by atoms with van der Waals surface area (Å²) >= 11 is 0. The van der Waals surface area contributed by atoms with Crippen molar-refractivity contribution in [1.29, 1.82) is 0 Å². The second kappa shape index (κ2) is 4.58. The average Bonchev–Trinajstić information content (AvgIpc) is 2.27. The largest absolute Gasteiger partial charge is 0.307 e. The topological polar surface area (TPSA) is 12.0 Å². The fourth-order valence-corrected chi connectivity index (χ4v) is 2.64. The molecule has 0 aromatic heterocycles. The van der Waals surface area contributed by atoms with E-state index in [1.54, 1.807) is 5.56 Å². The quantitative estimate of drug-likeness (QED) is 0.794. The fourth-order valence-electron chi connectivity index (χ4n) is 2.64. The first-order chi connectivity index (χ1) is 7.61. The van der Waals surface area contributed by atoms with Gasteiger partial charge in [-0.2, -0.15) is 0 Å². The summed E-state index contributed by atoms with van der Waals surface area (Å²) in [6, 6.07) is 8.21. The lowest BCUT2D eigenvalue weighted by atomic mass is 9.86. The standard InChI is InChI=1S/C15H23N/c1-5-15-14-9-12(10(2)3)6-7-13(14)8-11(4)16-15/h6-7,9-11,15-16H,5,8H2,1-4H3. The van der Waals surface area contributed by atoms with Gasteiger partial charge in [-0.25, -0.2) is 0 Å². The van der Waals surface area contributed by atoms with Crippen LogP contribution in [0.4, 0.5) is 0 Å². The Morgan fingerprint density at radius 3 is 2.75 bits per heavy atom. The van der Waals surface area contributed by atoms with Crippen molar-refractivity contribution >= 4 is 0 Å². The molecule has 2 atom stereocenters. The van der Waals surface area contributed by atoms with Crippen LogP contribution in [0.2, 0.25) is 0 Å². The van der Waals surface area contributed by atoms with Gasteiger partial charge in [-0.05, 0) is 42.4 Å². The van der Waals surface area contributed by atoms with Crippen molar-refractivity contribution < 1.29 is 0 Å². The Labute approximate surface area is 99.3 Å². The van der Waals surface area contributed by atoms with E-state index in [1.807, 2.05) is 0 Å². The summed E-state index contributed by atoms with van der Waals surface area (Å²) in [5, 5.41) is 3.69. The van der Waals surface area contributed by atoms with Crippen LogP contribution in [0.15, 0.2) is 18.2 Å². The number of benzene rings is 1. The molecule has 16 heavy (non-hydrogen) atoms. The van der Waals surface area contributed by atoms with Gasteiger partial charge >= 0.3 is 0 Å². The van der Waals surface area contributed by atoms with E-state index in [4.69, 9.17) is 0 Å². The Morgan fingerprint density at radius 2 is 2.12 bits per heavy atom. The first-order valence-electron chi connectivity index (χ1n) is 6.50. The second-order valence-corrected chi connectivity index (χ2v) is 5.35. The van der Waals surface area contributed by atoms with Crippen molar-refractivity contribution in [1.82, 2.24) is 5.32 Å². The maximum Gasteiger partial charge on any atom is 0.0322 e. The highest BCUT2D eigenvalue weighted by atomic mass is 15.0. The minimum Gasteiger partial charge on any atom is -0.307 e. The SMILES string of the molecule is CCC1NC(C)Cc2ccc(C(C)C)cc21. The van der Waals surface area contributed by atoms with Crippen LogP contribution in [0.3, 0.4) is 0 Å². The molecule has 0 saturated heterocycles. The van der Waals surface area contributed by atoms with Gasteiger partial charge in [-0.1, -0.05) is 39.0 Å². The zero-order valence-electron chi connectivity index (χ0n) is 10.9. The third-order valence-electron chi connectivity index (χ3n) is 3.63. The molecule has 0 amide bonds. The molecule has 0 spiro atoms. The van der Waals surface area contributed by atoms with Crippen molar-refractivity contribution in [3.8, 4) is 0 Å². The molecule has 2 unspecified atom stereocenters. The average molecular weight is 217 g/mol. The maximum atomic E-state index is 3.69. The van der Waals surface area contributed by atoms with E-state index in [9.17, 15) is 0 Å². The van der Waals surface area contributed by atoms with Gasteiger partial charge in [-0.3, -0.25) is 0 Å². The molecular formula is C15H23N. The smallest absolute Gasteiger partial charge is 0.0322 e. The molecular weight excluding hydrogens is 194 g/mol. The highest BCUT2D eigenvalue weighted by Gasteiger charge is 2.22. The van der Waals surface area contributed by atoms with Gasteiger partial charge in [0.15, 0.2) is 0 Å². The second-order valence-electron chi connectivity index (χ2n) is 5.35. The van der Waals surface area contributed by atoms with E-state index >= 15 is 0 Å². The van der Waals surface area contributed by atoms with Crippen LogP contribution in [0, 0.1) is 0 Å². The van der Waals surface area contributed by atoms with Gasteiger partial charge in [0.25, 0.3) is 0 Å². The minimum absolute atomic E-state index is 0.553. The maximum absolute atomic E-state index is 3.69. The van der Waals surface area contributed by atoms with Crippen LogP contribution >= 0.6 is 0 Å². The van der Waals surface area contributed by atoms with Gasteiger partial charge in [0.2, 0.25) is 0 Å². The number of nitrogens with one attached hydrogen (secondary N) is 1. The number of hydrogen-bond donors (Lipinski definition) is 1. The Bertz CT molecular complexity index is 368. The fraction of sp³-hybridized carbons (Fsp3) is 0.600. The molecule has 1 heteroatoms. The van der Waals surface area contributed by atoms with Crippen LogP contribution in [-0.4, -0.2) is 6.04 Å². The van der Waals surface area contributed by atoms with E-state index in [1.165, 1.54) is 24.0 Å². The Morgan fingerprint density at radius 1 is 1.38 bits per heavy atom. The third-order valence-corrected chi connectivity index (χ3v) is 3.63. The lowest BCUT2D eigenvalue weighted by Crippen LogP contribution is -2.37. The monoisotopic (exact) mass is 217 g/mol. The van der Waals surface area contributed by atoms with Crippen LogP contribution in [-0.2, 0) is 6.42 Å². The molecule has 1 nitrogen and oxygen atoms in total. The van der Waals surface area contributed by atoms with Gasteiger partial charge < -0.3 is 5.32 Å². The Hall–Kier alpha value is -0.820. The lowest BCUT2D eigenvalue weighted by molar-refractivity contribution is 0.414. The summed E-state index contributed by atoms with van der Waals surface area (Å²) in [7, 11) is 0. The molecule has 1 aromatic carbocycles. The molecule has 88 valence electrons. The number of rotatable bonds is 2. The third kappa shape index (κ3) is 2.15. The zero-order valence-corrected chi connectivity index (χ0v) is 10.9. The molecule has 0 aliphatic carbocycles. The van der Waals surface area contributed by atoms with E-state index in [0.29, 0.717) is 18.0 Å².